The second-order valence-electron chi connectivity index (χ2n) is 6.63. The molecule has 0 bridgehead atoms. The van der Waals surface area contributed by atoms with Crippen molar-refractivity contribution in [3.05, 3.63) is 82.6 Å². The van der Waals surface area contributed by atoms with Crippen LogP contribution in [0.25, 0.3) is 0 Å². The number of nitrogens with one attached hydrogen (secondary N) is 2. The smallest absolute Gasteiger partial charge is 0.313 e. The van der Waals surface area contributed by atoms with Gasteiger partial charge in [-0.2, -0.15) is 0 Å². The van der Waals surface area contributed by atoms with Crippen LogP contribution in [0.5, 0.6) is 0 Å². The second-order valence-corrected chi connectivity index (χ2v) is 7.61. The lowest BCUT2D eigenvalue weighted by Crippen LogP contribution is -2.41. The zero-order valence-electron chi connectivity index (χ0n) is 15.3. The molecule has 3 aromatic rings. The zero-order chi connectivity index (χ0) is 19.3. The molecule has 1 aliphatic heterocycles. The fourth-order valence-electron chi connectivity index (χ4n) is 3.51. The summed E-state index contributed by atoms with van der Waals surface area (Å²) in [4.78, 5) is 28.0. The third-order valence-electron chi connectivity index (χ3n) is 4.86. The van der Waals surface area contributed by atoms with E-state index in [1.54, 1.807) is 23.5 Å². The molecule has 1 atom stereocenters. The van der Waals surface area contributed by atoms with Crippen LogP contribution in [0.1, 0.15) is 16.5 Å². The predicted molar refractivity (Wildman–Crippen MR) is 113 cm³/mol. The van der Waals surface area contributed by atoms with E-state index < -0.39 is 11.8 Å². The molecule has 5 nitrogen and oxygen atoms in total. The number of rotatable bonds is 5. The van der Waals surface area contributed by atoms with E-state index in [2.05, 4.69) is 39.8 Å². The third kappa shape index (κ3) is 3.92. The van der Waals surface area contributed by atoms with Crippen molar-refractivity contribution in [1.82, 2.24) is 5.32 Å². The predicted octanol–water partition coefficient (Wildman–Crippen LogP) is 3.61. The lowest BCUT2D eigenvalue weighted by atomic mass is 10.1. The Bertz CT molecular complexity index is 957. The Hall–Kier alpha value is -3.12. The maximum atomic E-state index is 12.3. The van der Waals surface area contributed by atoms with Crippen LogP contribution in [0.15, 0.2) is 72.1 Å². The average Bonchev–Trinajstić information content (AvgIpc) is 3.40. The number of hydrogen-bond donors (Lipinski definition) is 2. The van der Waals surface area contributed by atoms with Crippen molar-refractivity contribution >= 4 is 34.5 Å². The number of thiophene rings is 1. The Kier molecular flexibility index (Phi) is 5.39. The summed E-state index contributed by atoms with van der Waals surface area (Å²) in [5.41, 5.74) is 3.12. The minimum Gasteiger partial charge on any atom is -0.361 e. The van der Waals surface area contributed by atoms with Crippen LogP contribution in [0.3, 0.4) is 0 Å². The SMILES string of the molecule is O=C(NC[C@H](c1cccs1)N1CCc2ccccc21)C(=O)Nc1ccccc1. The van der Waals surface area contributed by atoms with E-state index >= 15 is 0 Å². The van der Waals surface area contributed by atoms with Crippen LogP contribution in [-0.4, -0.2) is 24.9 Å². The Morgan fingerprint density at radius 1 is 0.964 bits per heavy atom. The summed E-state index contributed by atoms with van der Waals surface area (Å²) in [7, 11) is 0. The van der Waals surface area contributed by atoms with Gasteiger partial charge in [0, 0.05) is 29.3 Å². The van der Waals surface area contributed by atoms with Gasteiger partial charge in [-0.3, -0.25) is 9.59 Å². The van der Waals surface area contributed by atoms with Crippen molar-refractivity contribution < 1.29 is 9.59 Å². The van der Waals surface area contributed by atoms with Crippen LogP contribution in [0.2, 0.25) is 0 Å². The van der Waals surface area contributed by atoms with E-state index in [4.69, 9.17) is 0 Å². The van der Waals surface area contributed by atoms with Crippen molar-refractivity contribution in [2.75, 3.05) is 23.3 Å². The highest BCUT2D eigenvalue weighted by Crippen LogP contribution is 2.36. The van der Waals surface area contributed by atoms with Crippen molar-refractivity contribution in [3.8, 4) is 0 Å². The maximum absolute atomic E-state index is 12.3. The molecule has 0 spiro atoms. The molecule has 2 N–H and O–H groups in total. The first-order valence-corrected chi connectivity index (χ1v) is 10.1. The van der Waals surface area contributed by atoms with Crippen LogP contribution in [0, 0.1) is 0 Å². The van der Waals surface area contributed by atoms with Gasteiger partial charge in [-0.1, -0.05) is 42.5 Å². The summed E-state index contributed by atoms with van der Waals surface area (Å²) in [6.07, 6.45) is 0.987. The highest BCUT2D eigenvalue weighted by molar-refractivity contribution is 7.10. The van der Waals surface area contributed by atoms with Gasteiger partial charge >= 0.3 is 11.8 Å². The molecule has 1 aliphatic rings. The number of benzene rings is 2. The summed E-state index contributed by atoms with van der Waals surface area (Å²) in [5.74, 6) is -1.28. The average molecular weight is 391 g/mol. The number of hydrogen-bond acceptors (Lipinski definition) is 4. The Labute approximate surface area is 168 Å². The molecule has 0 fully saturated rings. The molecule has 6 heteroatoms. The summed E-state index contributed by atoms with van der Waals surface area (Å²) in [6.45, 7) is 1.27. The molecule has 0 unspecified atom stereocenters. The van der Waals surface area contributed by atoms with Gasteiger partial charge in [-0.25, -0.2) is 0 Å². The molecule has 4 rings (SSSR count). The third-order valence-corrected chi connectivity index (χ3v) is 5.84. The molecule has 28 heavy (non-hydrogen) atoms. The standard InChI is InChI=1S/C22H21N3O2S/c26-21(22(27)24-17-8-2-1-3-9-17)23-15-19(20-11-6-14-28-20)25-13-12-16-7-4-5-10-18(16)25/h1-11,14,19H,12-13,15H2,(H,23,26)(H,24,27)/t19-/m1/s1. The zero-order valence-corrected chi connectivity index (χ0v) is 16.1. The van der Waals surface area contributed by atoms with E-state index in [1.807, 2.05) is 35.7 Å². The lowest BCUT2D eigenvalue weighted by molar-refractivity contribution is -0.136. The van der Waals surface area contributed by atoms with E-state index in [0.717, 1.165) is 13.0 Å². The van der Waals surface area contributed by atoms with Crippen LogP contribution in [0.4, 0.5) is 11.4 Å². The van der Waals surface area contributed by atoms with E-state index in [9.17, 15) is 9.59 Å². The lowest BCUT2D eigenvalue weighted by Gasteiger charge is -2.30. The van der Waals surface area contributed by atoms with Crippen LogP contribution < -0.4 is 15.5 Å². The van der Waals surface area contributed by atoms with Crippen molar-refractivity contribution in [3.63, 3.8) is 0 Å². The number of anilines is 2. The number of fused-ring (bicyclic) bond motifs is 1. The second kappa shape index (κ2) is 8.27. The van der Waals surface area contributed by atoms with Gasteiger partial charge in [0.15, 0.2) is 0 Å². The highest BCUT2D eigenvalue weighted by Gasteiger charge is 2.28. The molecule has 2 amide bonds. The fraction of sp³-hybridized carbons (Fsp3) is 0.182. The molecule has 2 aromatic carbocycles. The Morgan fingerprint density at radius 2 is 1.75 bits per heavy atom. The first-order chi connectivity index (χ1) is 13.7. The summed E-state index contributed by atoms with van der Waals surface area (Å²) in [5, 5.41) is 7.47. The van der Waals surface area contributed by atoms with Crippen molar-refractivity contribution in [2.45, 2.75) is 12.5 Å². The first kappa shape index (κ1) is 18.3. The van der Waals surface area contributed by atoms with Gasteiger partial charge in [-0.05, 0) is 41.6 Å². The van der Waals surface area contributed by atoms with Gasteiger partial charge in [0.25, 0.3) is 0 Å². The maximum Gasteiger partial charge on any atom is 0.313 e. The molecular weight excluding hydrogens is 370 g/mol. The number of nitrogens with zero attached hydrogens (tertiary/aromatic N) is 1. The summed E-state index contributed by atoms with van der Waals surface area (Å²) < 4.78 is 0. The molecule has 0 saturated carbocycles. The van der Waals surface area contributed by atoms with Crippen LogP contribution in [-0.2, 0) is 16.0 Å². The van der Waals surface area contributed by atoms with Gasteiger partial charge in [0.2, 0.25) is 0 Å². The summed E-state index contributed by atoms with van der Waals surface area (Å²) >= 11 is 1.66. The van der Waals surface area contributed by atoms with Gasteiger partial charge < -0.3 is 15.5 Å². The Morgan fingerprint density at radius 3 is 2.54 bits per heavy atom. The van der Waals surface area contributed by atoms with Gasteiger partial charge in [-0.15, -0.1) is 11.3 Å². The minimum absolute atomic E-state index is 0.00266. The number of carbonyl (C=O) groups is 2. The monoisotopic (exact) mass is 391 g/mol. The molecule has 0 aliphatic carbocycles. The van der Waals surface area contributed by atoms with E-state index in [1.165, 1.54) is 16.1 Å². The topological polar surface area (TPSA) is 61.4 Å². The van der Waals surface area contributed by atoms with E-state index in [0.29, 0.717) is 12.2 Å². The number of carbonyl (C=O) groups excluding carboxylic acids is 2. The van der Waals surface area contributed by atoms with Crippen molar-refractivity contribution in [1.29, 1.82) is 0 Å². The van der Waals surface area contributed by atoms with E-state index in [-0.39, 0.29) is 6.04 Å². The molecule has 0 saturated heterocycles. The summed E-state index contributed by atoms with van der Waals surface area (Å²) in [6, 6.07) is 21.4. The molecule has 0 radical (unpaired) electrons. The quantitative estimate of drug-likeness (QED) is 0.653. The molecule has 2 heterocycles. The largest absolute Gasteiger partial charge is 0.361 e. The molecule has 1 aromatic heterocycles. The normalized spacial score (nSPS) is 13.6. The number of amides is 2. The molecule has 142 valence electrons. The van der Waals surface area contributed by atoms with Gasteiger partial charge in [0.1, 0.15) is 0 Å². The fourth-order valence-corrected chi connectivity index (χ4v) is 4.35. The Balaban J connectivity index is 1.45. The number of para-hydroxylation sites is 2. The first-order valence-electron chi connectivity index (χ1n) is 9.24. The van der Waals surface area contributed by atoms with Gasteiger partial charge in [0.05, 0.1) is 6.04 Å². The minimum atomic E-state index is -0.655. The van der Waals surface area contributed by atoms with Crippen molar-refractivity contribution in [2.24, 2.45) is 0 Å². The van der Waals surface area contributed by atoms with Crippen LogP contribution >= 0.6 is 11.3 Å². The molecular formula is C22H21N3O2S. The highest BCUT2D eigenvalue weighted by atomic mass is 32.1.